The summed E-state index contributed by atoms with van der Waals surface area (Å²) in [5, 5.41) is 4.64. The van der Waals surface area contributed by atoms with Crippen LogP contribution in [0.3, 0.4) is 0 Å². The van der Waals surface area contributed by atoms with Crippen molar-refractivity contribution in [1.82, 2.24) is 15.2 Å². The molecule has 0 saturated carbocycles. The highest BCUT2D eigenvalue weighted by atomic mass is 35.5. The Kier molecular flexibility index (Phi) is 5.25. The van der Waals surface area contributed by atoms with E-state index in [9.17, 15) is 0 Å². The molecule has 1 aromatic rings. The Labute approximate surface area is 118 Å². The average Bonchev–Trinajstić information content (AvgIpc) is 2.41. The zero-order chi connectivity index (χ0) is 13.0. The largest absolute Gasteiger partial charge is 0.315 e. The quantitative estimate of drug-likeness (QED) is 0.863. The minimum Gasteiger partial charge on any atom is -0.315 e. The van der Waals surface area contributed by atoms with Crippen LogP contribution in [0.1, 0.15) is 25.5 Å². The molecule has 1 aliphatic rings. The van der Waals surface area contributed by atoms with E-state index in [0.29, 0.717) is 16.2 Å². The van der Waals surface area contributed by atoms with Crippen LogP contribution < -0.4 is 5.32 Å². The molecule has 0 aromatic carbocycles. The zero-order valence-electron chi connectivity index (χ0n) is 10.6. The van der Waals surface area contributed by atoms with Crippen molar-refractivity contribution < 1.29 is 0 Å². The van der Waals surface area contributed by atoms with Crippen molar-refractivity contribution in [3.05, 3.63) is 28.0 Å². The highest BCUT2D eigenvalue weighted by molar-refractivity contribution is 6.32. The molecule has 2 heterocycles. The molecule has 1 unspecified atom stereocenters. The Hall–Kier alpha value is -0.350. The lowest BCUT2D eigenvalue weighted by atomic mass is 10.1. The Morgan fingerprint density at radius 3 is 2.94 bits per heavy atom. The van der Waals surface area contributed by atoms with E-state index < -0.39 is 0 Å². The van der Waals surface area contributed by atoms with Crippen molar-refractivity contribution in [2.45, 2.75) is 32.4 Å². The third-order valence-corrected chi connectivity index (χ3v) is 3.99. The van der Waals surface area contributed by atoms with Gasteiger partial charge in [-0.25, -0.2) is 4.98 Å². The number of pyridine rings is 1. The summed E-state index contributed by atoms with van der Waals surface area (Å²) in [6, 6.07) is 4.12. The first-order chi connectivity index (χ1) is 8.70. The van der Waals surface area contributed by atoms with Crippen LogP contribution in [0.15, 0.2) is 12.1 Å². The van der Waals surface area contributed by atoms with Crippen molar-refractivity contribution >= 4 is 23.2 Å². The monoisotopic (exact) mass is 287 g/mol. The summed E-state index contributed by atoms with van der Waals surface area (Å²) in [7, 11) is 0. The molecular weight excluding hydrogens is 269 g/mol. The van der Waals surface area contributed by atoms with Gasteiger partial charge in [0, 0.05) is 19.1 Å². The summed E-state index contributed by atoms with van der Waals surface area (Å²) in [6.45, 7) is 6.11. The van der Waals surface area contributed by atoms with Gasteiger partial charge in [0.2, 0.25) is 0 Å². The smallest absolute Gasteiger partial charge is 0.129 e. The van der Waals surface area contributed by atoms with E-state index >= 15 is 0 Å². The van der Waals surface area contributed by atoms with Crippen LogP contribution in [-0.2, 0) is 6.54 Å². The van der Waals surface area contributed by atoms with Crippen LogP contribution in [0, 0.1) is 0 Å². The third-order valence-electron chi connectivity index (χ3n) is 3.43. The number of piperidine rings is 1. The molecule has 1 saturated heterocycles. The maximum Gasteiger partial charge on any atom is 0.129 e. The van der Waals surface area contributed by atoms with E-state index in [-0.39, 0.29) is 0 Å². The fourth-order valence-corrected chi connectivity index (χ4v) is 2.74. The topological polar surface area (TPSA) is 28.2 Å². The molecule has 3 nitrogen and oxygen atoms in total. The van der Waals surface area contributed by atoms with Crippen LogP contribution in [0.4, 0.5) is 0 Å². The number of hydrogen-bond acceptors (Lipinski definition) is 3. The van der Waals surface area contributed by atoms with Crippen LogP contribution in [0.2, 0.25) is 10.2 Å². The Balaban J connectivity index is 2.06. The Morgan fingerprint density at radius 2 is 2.28 bits per heavy atom. The number of aromatic nitrogens is 1. The SMILES string of the molecule is CCN(Cc1nc(Cl)ccc1Cl)C1CCCNC1. The van der Waals surface area contributed by atoms with Crippen LogP contribution in [-0.4, -0.2) is 35.6 Å². The number of nitrogens with zero attached hydrogens (tertiary/aromatic N) is 2. The lowest BCUT2D eigenvalue weighted by molar-refractivity contribution is 0.164. The van der Waals surface area contributed by atoms with Gasteiger partial charge in [-0.3, -0.25) is 4.90 Å². The molecule has 5 heteroatoms. The van der Waals surface area contributed by atoms with E-state index in [0.717, 1.165) is 31.9 Å². The van der Waals surface area contributed by atoms with E-state index in [2.05, 4.69) is 22.1 Å². The Morgan fingerprint density at radius 1 is 1.44 bits per heavy atom. The molecule has 0 radical (unpaired) electrons. The van der Waals surface area contributed by atoms with E-state index in [1.165, 1.54) is 12.8 Å². The van der Waals surface area contributed by atoms with Crippen molar-refractivity contribution in [3.8, 4) is 0 Å². The molecule has 1 aromatic heterocycles. The number of hydrogen-bond donors (Lipinski definition) is 1. The number of halogens is 2. The van der Waals surface area contributed by atoms with Gasteiger partial charge in [-0.15, -0.1) is 0 Å². The average molecular weight is 288 g/mol. The van der Waals surface area contributed by atoms with Gasteiger partial charge in [-0.05, 0) is 38.1 Å². The predicted molar refractivity (Wildman–Crippen MR) is 76.2 cm³/mol. The first kappa shape index (κ1) is 14.1. The first-order valence-corrected chi connectivity index (χ1v) is 7.22. The minimum atomic E-state index is 0.507. The summed E-state index contributed by atoms with van der Waals surface area (Å²) in [5.74, 6) is 0. The van der Waals surface area contributed by atoms with Gasteiger partial charge >= 0.3 is 0 Å². The van der Waals surface area contributed by atoms with Gasteiger partial charge in [0.15, 0.2) is 0 Å². The summed E-state index contributed by atoms with van der Waals surface area (Å²) < 4.78 is 0. The van der Waals surface area contributed by atoms with E-state index in [1.807, 2.05) is 6.07 Å². The van der Waals surface area contributed by atoms with Crippen molar-refractivity contribution in [3.63, 3.8) is 0 Å². The molecule has 1 aliphatic heterocycles. The maximum atomic E-state index is 6.17. The standard InChI is InChI=1S/C13H19Cl2N3/c1-2-18(10-4-3-7-16-8-10)9-12-11(14)5-6-13(15)17-12/h5-6,10,16H,2-4,7-9H2,1H3. The second kappa shape index (κ2) is 6.71. The lowest BCUT2D eigenvalue weighted by Gasteiger charge is -2.33. The Bertz CT molecular complexity index is 392. The molecule has 0 spiro atoms. The molecule has 0 aliphatic carbocycles. The van der Waals surface area contributed by atoms with Crippen LogP contribution in [0.5, 0.6) is 0 Å². The molecule has 2 rings (SSSR count). The van der Waals surface area contributed by atoms with Gasteiger partial charge in [0.05, 0.1) is 10.7 Å². The highest BCUT2D eigenvalue weighted by Gasteiger charge is 2.20. The van der Waals surface area contributed by atoms with Crippen molar-refractivity contribution in [2.75, 3.05) is 19.6 Å². The van der Waals surface area contributed by atoms with Gasteiger partial charge in [-0.1, -0.05) is 30.1 Å². The van der Waals surface area contributed by atoms with Gasteiger partial charge in [0.1, 0.15) is 5.15 Å². The number of rotatable bonds is 4. The zero-order valence-corrected chi connectivity index (χ0v) is 12.1. The molecule has 1 atom stereocenters. The summed E-state index contributed by atoms with van der Waals surface area (Å²) in [4.78, 5) is 6.74. The highest BCUT2D eigenvalue weighted by Crippen LogP contribution is 2.20. The van der Waals surface area contributed by atoms with Crippen LogP contribution in [0.25, 0.3) is 0 Å². The fourth-order valence-electron chi connectivity index (χ4n) is 2.41. The van der Waals surface area contributed by atoms with Gasteiger partial charge < -0.3 is 5.32 Å². The molecule has 18 heavy (non-hydrogen) atoms. The van der Waals surface area contributed by atoms with Gasteiger partial charge in [-0.2, -0.15) is 0 Å². The molecule has 0 amide bonds. The van der Waals surface area contributed by atoms with E-state index in [4.69, 9.17) is 23.2 Å². The second-order valence-electron chi connectivity index (χ2n) is 4.63. The van der Waals surface area contributed by atoms with Crippen molar-refractivity contribution in [1.29, 1.82) is 0 Å². The molecule has 100 valence electrons. The number of nitrogens with one attached hydrogen (secondary N) is 1. The molecule has 1 N–H and O–H groups in total. The van der Waals surface area contributed by atoms with Crippen LogP contribution >= 0.6 is 23.2 Å². The van der Waals surface area contributed by atoms with Crippen molar-refractivity contribution in [2.24, 2.45) is 0 Å². The fraction of sp³-hybridized carbons (Fsp3) is 0.615. The normalized spacial score (nSPS) is 20.3. The van der Waals surface area contributed by atoms with E-state index in [1.54, 1.807) is 6.07 Å². The molecule has 0 bridgehead atoms. The second-order valence-corrected chi connectivity index (χ2v) is 5.42. The predicted octanol–water partition coefficient (Wildman–Crippen LogP) is 2.96. The first-order valence-electron chi connectivity index (χ1n) is 6.46. The maximum absolute atomic E-state index is 6.17. The molecular formula is C13H19Cl2N3. The van der Waals surface area contributed by atoms with Gasteiger partial charge in [0.25, 0.3) is 0 Å². The lowest BCUT2D eigenvalue weighted by Crippen LogP contribution is -2.45. The summed E-state index contributed by atoms with van der Waals surface area (Å²) >= 11 is 12.1. The molecule has 1 fully saturated rings. The third kappa shape index (κ3) is 3.58. The summed E-state index contributed by atoms with van der Waals surface area (Å²) in [5.41, 5.74) is 0.872. The number of likely N-dealkylation sites (N-methyl/N-ethyl adjacent to an activating group) is 1. The summed E-state index contributed by atoms with van der Waals surface area (Å²) in [6.07, 6.45) is 2.47. The minimum absolute atomic E-state index is 0.507.